The molecule has 0 aromatic carbocycles. The van der Waals surface area contributed by atoms with Crippen LogP contribution in [-0.2, 0) is 9.53 Å². The zero-order valence-electron chi connectivity index (χ0n) is 9.21. The molecule has 0 radical (unpaired) electrons. The second kappa shape index (κ2) is 3.56. The molecular formula is C12H20O2. The van der Waals surface area contributed by atoms with E-state index in [0.717, 1.165) is 18.8 Å². The fourth-order valence-electron chi connectivity index (χ4n) is 2.40. The van der Waals surface area contributed by atoms with Gasteiger partial charge in [-0.15, -0.1) is 0 Å². The van der Waals surface area contributed by atoms with Crippen molar-refractivity contribution in [2.45, 2.75) is 58.0 Å². The SMILES string of the molecule is CC(CC1CC1)C1(C)CCCC(=O)O1. The van der Waals surface area contributed by atoms with Gasteiger partial charge >= 0.3 is 5.97 Å². The second-order valence-corrected chi connectivity index (χ2v) is 5.22. The molecule has 1 aliphatic heterocycles. The molecule has 2 aliphatic rings. The van der Waals surface area contributed by atoms with E-state index in [1.54, 1.807) is 0 Å². The summed E-state index contributed by atoms with van der Waals surface area (Å²) in [4.78, 5) is 11.3. The molecule has 0 aromatic rings. The van der Waals surface area contributed by atoms with Crippen molar-refractivity contribution in [1.82, 2.24) is 0 Å². The van der Waals surface area contributed by atoms with Gasteiger partial charge < -0.3 is 4.74 Å². The first-order valence-corrected chi connectivity index (χ1v) is 5.82. The van der Waals surface area contributed by atoms with Crippen LogP contribution in [0.1, 0.15) is 52.4 Å². The van der Waals surface area contributed by atoms with Crippen molar-refractivity contribution < 1.29 is 9.53 Å². The minimum absolute atomic E-state index is 0.00129. The Bertz CT molecular complexity index is 232. The number of esters is 1. The predicted molar refractivity (Wildman–Crippen MR) is 54.9 cm³/mol. The third-order valence-electron chi connectivity index (χ3n) is 3.83. The van der Waals surface area contributed by atoms with Crippen LogP contribution in [0.15, 0.2) is 0 Å². The van der Waals surface area contributed by atoms with Crippen LogP contribution in [0.4, 0.5) is 0 Å². The molecule has 2 unspecified atom stereocenters. The molecule has 2 fully saturated rings. The molecule has 14 heavy (non-hydrogen) atoms. The summed E-state index contributed by atoms with van der Waals surface area (Å²) in [6.07, 6.45) is 6.68. The van der Waals surface area contributed by atoms with Crippen molar-refractivity contribution in [2.24, 2.45) is 11.8 Å². The van der Waals surface area contributed by atoms with Crippen LogP contribution in [0.2, 0.25) is 0 Å². The van der Waals surface area contributed by atoms with Crippen LogP contribution in [0.3, 0.4) is 0 Å². The van der Waals surface area contributed by atoms with E-state index in [0.29, 0.717) is 12.3 Å². The minimum atomic E-state index is -0.169. The van der Waals surface area contributed by atoms with Crippen molar-refractivity contribution in [1.29, 1.82) is 0 Å². The van der Waals surface area contributed by atoms with Crippen molar-refractivity contribution in [3.05, 3.63) is 0 Å². The summed E-state index contributed by atoms with van der Waals surface area (Å²) in [7, 11) is 0. The zero-order chi connectivity index (χ0) is 10.2. The molecule has 80 valence electrons. The Hall–Kier alpha value is -0.530. The van der Waals surface area contributed by atoms with Crippen LogP contribution in [-0.4, -0.2) is 11.6 Å². The number of ether oxygens (including phenoxy) is 1. The van der Waals surface area contributed by atoms with E-state index in [1.807, 2.05) is 0 Å². The molecule has 0 bridgehead atoms. The van der Waals surface area contributed by atoms with Gasteiger partial charge in [0.25, 0.3) is 0 Å². The molecule has 1 aliphatic carbocycles. The average Bonchev–Trinajstić information content (AvgIpc) is 2.87. The molecule has 2 rings (SSSR count). The number of carbonyl (C=O) groups is 1. The largest absolute Gasteiger partial charge is 0.459 e. The van der Waals surface area contributed by atoms with Crippen LogP contribution in [0, 0.1) is 11.8 Å². The summed E-state index contributed by atoms with van der Waals surface area (Å²) < 4.78 is 5.53. The lowest BCUT2D eigenvalue weighted by Crippen LogP contribution is -2.41. The number of hydrogen-bond donors (Lipinski definition) is 0. The number of cyclic esters (lactones) is 1. The van der Waals surface area contributed by atoms with Crippen molar-refractivity contribution >= 4 is 5.97 Å². The van der Waals surface area contributed by atoms with Gasteiger partial charge in [-0.2, -0.15) is 0 Å². The Morgan fingerprint density at radius 3 is 2.86 bits per heavy atom. The van der Waals surface area contributed by atoms with E-state index in [-0.39, 0.29) is 11.6 Å². The van der Waals surface area contributed by atoms with Crippen LogP contribution < -0.4 is 0 Å². The van der Waals surface area contributed by atoms with E-state index in [9.17, 15) is 4.79 Å². The highest BCUT2D eigenvalue weighted by atomic mass is 16.6. The third-order valence-corrected chi connectivity index (χ3v) is 3.83. The monoisotopic (exact) mass is 196 g/mol. The van der Waals surface area contributed by atoms with Gasteiger partial charge in [0.2, 0.25) is 0 Å². The van der Waals surface area contributed by atoms with Crippen LogP contribution in [0.25, 0.3) is 0 Å². The molecule has 0 spiro atoms. The maximum atomic E-state index is 11.3. The van der Waals surface area contributed by atoms with Gasteiger partial charge in [0.15, 0.2) is 0 Å². The predicted octanol–water partition coefficient (Wildman–Crippen LogP) is 2.91. The molecule has 2 atom stereocenters. The number of rotatable bonds is 3. The summed E-state index contributed by atoms with van der Waals surface area (Å²) in [5, 5.41) is 0. The molecule has 1 saturated heterocycles. The lowest BCUT2D eigenvalue weighted by atomic mass is 9.81. The molecule has 0 amide bonds. The number of hydrogen-bond acceptors (Lipinski definition) is 2. The highest BCUT2D eigenvalue weighted by molar-refractivity contribution is 5.70. The summed E-state index contributed by atoms with van der Waals surface area (Å²) in [6.45, 7) is 4.34. The molecule has 2 nitrogen and oxygen atoms in total. The van der Waals surface area contributed by atoms with E-state index >= 15 is 0 Å². The maximum absolute atomic E-state index is 11.3. The molecule has 1 heterocycles. The number of carbonyl (C=O) groups excluding carboxylic acids is 1. The molecular weight excluding hydrogens is 176 g/mol. The van der Waals surface area contributed by atoms with Gasteiger partial charge in [-0.1, -0.05) is 19.8 Å². The lowest BCUT2D eigenvalue weighted by Gasteiger charge is -2.38. The Kier molecular flexibility index (Phi) is 2.54. The summed E-state index contributed by atoms with van der Waals surface area (Å²) in [5.74, 6) is 1.45. The van der Waals surface area contributed by atoms with Crippen molar-refractivity contribution in [3.63, 3.8) is 0 Å². The first-order chi connectivity index (χ1) is 6.60. The Labute approximate surface area is 86.0 Å². The molecule has 2 heteroatoms. The lowest BCUT2D eigenvalue weighted by molar-refractivity contribution is -0.171. The average molecular weight is 196 g/mol. The second-order valence-electron chi connectivity index (χ2n) is 5.22. The topological polar surface area (TPSA) is 26.3 Å². The third kappa shape index (κ3) is 2.10. The minimum Gasteiger partial charge on any atom is -0.459 e. The fourth-order valence-corrected chi connectivity index (χ4v) is 2.40. The van der Waals surface area contributed by atoms with Crippen molar-refractivity contribution in [3.8, 4) is 0 Å². The standard InChI is InChI=1S/C12H20O2/c1-9(8-10-5-6-10)12(2)7-3-4-11(13)14-12/h9-10H,3-8H2,1-2H3. The summed E-state index contributed by atoms with van der Waals surface area (Å²) >= 11 is 0. The fraction of sp³-hybridized carbons (Fsp3) is 0.917. The highest BCUT2D eigenvalue weighted by Gasteiger charge is 2.40. The van der Waals surface area contributed by atoms with Crippen LogP contribution in [0.5, 0.6) is 0 Å². The van der Waals surface area contributed by atoms with Gasteiger partial charge in [-0.05, 0) is 38.0 Å². The van der Waals surface area contributed by atoms with Gasteiger partial charge in [-0.3, -0.25) is 4.79 Å². The molecule has 0 aromatic heterocycles. The normalized spacial score (nSPS) is 35.1. The smallest absolute Gasteiger partial charge is 0.306 e. The van der Waals surface area contributed by atoms with Gasteiger partial charge in [-0.25, -0.2) is 0 Å². The van der Waals surface area contributed by atoms with Gasteiger partial charge in [0, 0.05) is 6.42 Å². The van der Waals surface area contributed by atoms with Gasteiger partial charge in [0.1, 0.15) is 5.60 Å². The molecule has 0 N–H and O–H groups in total. The van der Waals surface area contributed by atoms with Crippen molar-refractivity contribution in [2.75, 3.05) is 0 Å². The Morgan fingerprint density at radius 1 is 1.57 bits per heavy atom. The van der Waals surface area contributed by atoms with Crippen LogP contribution >= 0.6 is 0 Å². The van der Waals surface area contributed by atoms with E-state index < -0.39 is 0 Å². The first kappa shape index (κ1) is 10.0. The maximum Gasteiger partial charge on any atom is 0.306 e. The Morgan fingerprint density at radius 2 is 2.29 bits per heavy atom. The Balaban J connectivity index is 1.93. The van der Waals surface area contributed by atoms with E-state index in [2.05, 4.69) is 13.8 Å². The first-order valence-electron chi connectivity index (χ1n) is 5.82. The summed E-state index contributed by atoms with van der Waals surface area (Å²) in [6, 6.07) is 0. The van der Waals surface area contributed by atoms with E-state index in [1.165, 1.54) is 19.3 Å². The summed E-state index contributed by atoms with van der Waals surface area (Å²) in [5.41, 5.74) is -0.169. The zero-order valence-corrected chi connectivity index (χ0v) is 9.21. The highest BCUT2D eigenvalue weighted by Crippen LogP contribution is 2.42. The van der Waals surface area contributed by atoms with E-state index in [4.69, 9.17) is 4.74 Å². The quantitative estimate of drug-likeness (QED) is 0.649. The van der Waals surface area contributed by atoms with Gasteiger partial charge in [0.05, 0.1) is 0 Å². The molecule has 1 saturated carbocycles.